The van der Waals surface area contributed by atoms with Crippen molar-refractivity contribution in [2.24, 2.45) is 7.05 Å². The zero-order valence-corrected chi connectivity index (χ0v) is 14.1. The Balaban J connectivity index is 2.00. The lowest BCUT2D eigenvalue weighted by Crippen LogP contribution is -2.13. The molecule has 6 nitrogen and oxygen atoms in total. The van der Waals surface area contributed by atoms with Crippen LogP contribution in [0.15, 0.2) is 52.2 Å². The molecule has 1 N–H and O–H groups in total. The van der Waals surface area contributed by atoms with Crippen molar-refractivity contribution in [1.29, 1.82) is 0 Å². The van der Waals surface area contributed by atoms with E-state index in [0.29, 0.717) is 21.7 Å². The van der Waals surface area contributed by atoms with Gasteiger partial charge >= 0.3 is 4.87 Å². The van der Waals surface area contributed by atoms with E-state index < -0.39 is 10.0 Å². The molecule has 8 heteroatoms. The van der Waals surface area contributed by atoms with Crippen molar-refractivity contribution in [2.45, 2.75) is 4.90 Å². The van der Waals surface area contributed by atoms with Gasteiger partial charge in [0.25, 0.3) is 10.0 Å². The minimum atomic E-state index is -3.74. The number of sulfonamides is 1. The number of thiazole rings is 1. The lowest BCUT2D eigenvalue weighted by Gasteiger charge is -2.09. The Kier molecular flexibility index (Phi) is 3.87. The van der Waals surface area contributed by atoms with Gasteiger partial charge in [-0.25, -0.2) is 8.42 Å². The average molecular weight is 350 g/mol. The fourth-order valence-corrected chi connectivity index (χ4v) is 4.25. The fourth-order valence-electron chi connectivity index (χ4n) is 2.18. The van der Waals surface area contributed by atoms with Gasteiger partial charge in [0.15, 0.2) is 0 Å². The van der Waals surface area contributed by atoms with Crippen molar-refractivity contribution in [3.63, 3.8) is 0 Å². The van der Waals surface area contributed by atoms with Gasteiger partial charge in [0.2, 0.25) is 0 Å². The lowest BCUT2D eigenvalue weighted by molar-refractivity contribution is 0.415. The maximum Gasteiger partial charge on any atom is 0.307 e. The Labute approximate surface area is 137 Å². The normalized spacial score (nSPS) is 11.6. The van der Waals surface area contributed by atoms with Crippen molar-refractivity contribution in [3.05, 3.63) is 52.1 Å². The van der Waals surface area contributed by atoms with E-state index >= 15 is 0 Å². The van der Waals surface area contributed by atoms with Gasteiger partial charge in [-0.2, -0.15) is 0 Å². The molecule has 0 spiro atoms. The summed E-state index contributed by atoms with van der Waals surface area (Å²) >= 11 is 1.02. The second-order valence-corrected chi connectivity index (χ2v) is 7.57. The Morgan fingerprint density at radius 2 is 1.96 bits per heavy atom. The smallest absolute Gasteiger partial charge is 0.307 e. The van der Waals surface area contributed by atoms with Crippen LogP contribution < -0.4 is 14.3 Å². The van der Waals surface area contributed by atoms with Crippen LogP contribution in [-0.2, 0) is 17.1 Å². The lowest BCUT2D eigenvalue weighted by atomic mass is 10.3. The highest BCUT2D eigenvalue weighted by Gasteiger charge is 2.16. The molecule has 0 radical (unpaired) electrons. The van der Waals surface area contributed by atoms with Crippen LogP contribution in [0.4, 0.5) is 5.69 Å². The first-order valence-corrected chi connectivity index (χ1v) is 8.97. The number of methoxy groups -OCH3 is 1. The number of nitrogens with one attached hydrogen (secondary N) is 1. The largest absolute Gasteiger partial charge is 0.497 e. The van der Waals surface area contributed by atoms with E-state index in [0.717, 1.165) is 11.3 Å². The van der Waals surface area contributed by atoms with Crippen molar-refractivity contribution in [2.75, 3.05) is 11.8 Å². The molecule has 23 heavy (non-hydrogen) atoms. The van der Waals surface area contributed by atoms with Crippen LogP contribution in [-0.4, -0.2) is 20.1 Å². The van der Waals surface area contributed by atoms with E-state index in [2.05, 4.69) is 4.72 Å². The molecule has 0 saturated heterocycles. The summed E-state index contributed by atoms with van der Waals surface area (Å²) in [6.45, 7) is 0. The zero-order chi connectivity index (χ0) is 16.6. The monoisotopic (exact) mass is 350 g/mol. The Bertz CT molecular complexity index is 1040. The van der Waals surface area contributed by atoms with Gasteiger partial charge in [-0.1, -0.05) is 17.4 Å². The van der Waals surface area contributed by atoms with E-state index in [4.69, 9.17) is 4.74 Å². The molecule has 0 unspecified atom stereocenters. The first kappa shape index (κ1) is 15.6. The van der Waals surface area contributed by atoms with E-state index in [1.165, 1.54) is 23.8 Å². The Hall–Kier alpha value is -2.32. The third-order valence-corrected chi connectivity index (χ3v) is 5.77. The predicted octanol–water partition coefficient (Wildman–Crippen LogP) is 2.41. The molecule has 0 aliphatic carbocycles. The standard InChI is InChI=1S/C15H14N2O4S2/c1-17-13-7-6-12(9-14(13)22-15(17)18)23(19,20)16-10-4-3-5-11(8-10)21-2/h3-9,16H,1-2H3. The third kappa shape index (κ3) is 2.95. The number of aromatic nitrogens is 1. The molecular formula is C15H14N2O4S2. The molecule has 0 bridgehead atoms. The number of aryl methyl sites for hydroxylation is 1. The Morgan fingerprint density at radius 1 is 1.17 bits per heavy atom. The summed E-state index contributed by atoms with van der Waals surface area (Å²) in [6, 6.07) is 11.3. The molecule has 0 atom stereocenters. The number of benzene rings is 2. The van der Waals surface area contributed by atoms with Crippen molar-refractivity contribution >= 4 is 37.3 Å². The fraction of sp³-hybridized carbons (Fsp3) is 0.133. The highest BCUT2D eigenvalue weighted by atomic mass is 32.2. The second kappa shape index (κ2) is 5.71. The van der Waals surface area contributed by atoms with Gasteiger partial charge in [-0.05, 0) is 30.3 Å². The topological polar surface area (TPSA) is 77.4 Å². The number of nitrogens with zero attached hydrogens (tertiary/aromatic N) is 1. The maximum atomic E-state index is 12.5. The van der Waals surface area contributed by atoms with Gasteiger partial charge in [-0.3, -0.25) is 9.52 Å². The predicted molar refractivity (Wildman–Crippen MR) is 90.9 cm³/mol. The van der Waals surface area contributed by atoms with Gasteiger partial charge in [0.05, 0.1) is 27.9 Å². The number of ether oxygens (including phenoxy) is 1. The molecule has 0 fully saturated rings. The van der Waals surface area contributed by atoms with Crippen molar-refractivity contribution < 1.29 is 13.2 Å². The highest BCUT2D eigenvalue weighted by Crippen LogP contribution is 2.24. The molecule has 1 aromatic heterocycles. The summed E-state index contributed by atoms with van der Waals surface area (Å²) in [5.74, 6) is 0.557. The molecular weight excluding hydrogens is 336 g/mol. The molecule has 3 rings (SSSR count). The van der Waals surface area contributed by atoms with Crippen LogP contribution in [0.25, 0.3) is 10.2 Å². The third-order valence-electron chi connectivity index (χ3n) is 3.40. The van der Waals surface area contributed by atoms with Crippen molar-refractivity contribution in [3.8, 4) is 5.75 Å². The summed E-state index contributed by atoms with van der Waals surface area (Å²) in [5, 5.41) is 0. The number of hydrogen-bond donors (Lipinski definition) is 1. The van der Waals surface area contributed by atoms with Crippen LogP contribution in [0, 0.1) is 0 Å². The number of fused-ring (bicyclic) bond motifs is 1. The number of rotatable bonds is 4. The molecule has 0 saturated carbocycles. The van der Waals surface area contributed by atoms with E-state index in [1.54, 1.807) is 37.4 Å². The van der Waals surface area contributed by atoms with Gasteiger partial charge in [0, 0.05) is 13.1 Å². The summed E-state index contributed by atoms with van der Waals surface area (Å²) in [6.07, 6.45) is 0. The summed E-state index contributed by atoms with van der Waals surface area (Å²) in [7, 11) is -0.574. The van der Waals surface area contributed by atoms with Crippen LogP contribution >= 0.6 is 11.3 Å². The minimum absolute atomic E-state index is 0.106. The van der Waals surface area contributed by atoms with Gasteiger partial charge < -0.3 is 9.30 Å². The van der Waals surface area contributed by atoms with Gasteiger partial charge in [0.1, 0.15) is 5.75 Å². The summed E-state index contributed by atoms with van der Waals surface area (Å²) < 4.78 is 34.7. The minimum Gasteiger partial charge on any atom is -0.497 e. The second-order valence-electron chi connectivity index (χ2n) is 4.89. The summed E-state index contributed by atoms with van der Waals surface area (Å²) in [4.78, 5) is 11.6. The molecule has 0 aliphatic rings. The molecule has 1 heterocycles. The zero-order valence-electron chi connectivity index (χ0n) is 12.4. The van der Waals surface area contributed by atoms with Gasteiger partial charge in [-0.15, -0.1) is 0 Å². The molecule has 3 aromatic rings. The quantitative estimate of drug-likeness (QED) is 0.784. The van der Waals surface area contributed by atoms with E-state index in [9.17, 15) is 13.2 Å². The molecule has 0 aliphatic heterocycles. The van der Waals surface area contributed by atoms with E-state index in [1.807, 2.05) is 0 Å². The average Bonchev–Trinajstić information content (AvgIpc) is 2.81. The highest BCUT2D eigenvalue weighted by molar-refractivity contribution is 7.92. The van der Waals surface area contributed by atoms with E-state index in [-0.39, 0.29) is 9.77 Å². The number of hydrogen-bond acceptors (Lipinski definition) is 5. The Morgan fingerprint density at radius 3 is 2.70 bits per heavy atom. The maximum absolute atomic E-state index is 12.5. The summed E-state index contributed by atoms with van der Waals surface area (Å²) in [5.41, 5.74) is 1.12. The van der Waals surface area contributed by atoms with Crippen LogP contribution in [0.5, 0.6) is 5.75 Å². The SMILES string of the molecule is COc1cccc(NS(=O)(=O)c2ccc3c(c2)sc(=O)n3C)c1. The van der Waals surface area contributed by atoms with Crippen LogP contribution in [0.2, 0.25) is 0 Å². The van der Waals surface area contributed by atoms with Crippen LogP contribution in [0.1, 0.15) is 0 Å². The van der Waals surface area contributed by atoms with Crippen LogP contribution in [0.3, 0.4) is 0 Å². The first-order chi connectivity index (χ1) is 10.9. The molecule has 2 aromatic carbocycles. The number of anilines is 1. The first-order valence-electron chi connectivity index (χ1n) is 6.67. The molecule has 0 amide bonds. The molecule has 120 valence electrons. The van der Waals surface area contributed by atoms with Crippen molar-refractivity contribution in [1.82, 2.24) is 4.57 Å².